The molecule has 0 atom stereocenters. The Bertz CT molecular complexity index is 318. The van der Waals surface area contributed by atoms with Crippen molar-refractivity contribution in [2.75, 3.05) is 25.6 Å². The molecule has 0 radical (unpaired) electrons. The number of hydrogen-bond acceptors (Lipinski definition) is 3. The maximum absolute atomic E-state index is 5.84. The highest BCUT2D eigenvalue weighted by molar-refractivity contribution is 9.10. The molecule has 0 unspecified atom stereocenters. The molecule has 0 aliphatic heterocycles. The van der Waals surface area contributed by atoms with E-state index in [1.165, 1.54) is 0 Å². The molecule has 0 amide bonds. The number of ether oxygens (including phenoxy) is 2. The standard InChI is InChI=1S/C12H18BrNO2/c1-2-5-15-6-7-16-9-10-3-4-11(13)8-12(10)14/h3-4,8H,2,5-7,9,14H2,1H3. The SMILES string of the molecule is CCCOCCOCc1ccc(Br)cc1N. The maximum Gasteiger partial charge on any atom is 0.0738 e. The Hall–Kier alpha value is -0.580. The molecule has 0 bridgehead atoms. The molecule has 0 saturated heterocycles. The van der Waals surface area contributed by atoms with Crippen LogP contribution in [0.2, 0.25) is 0 Å². The van der Waals surface area contributed by atoms with Crippen molar-refractivity contribution in [3.05, 3.63) is 28.2 Å². The smallest absolute Gasteiger partial charge is 0.0738 e. The zero-order valence-corrected chi connectivity index (χ0v) is 11.1. The number of nitrogen functional groups attached to an aromatic ring is 1. The van der Waals surface area contributed by atoms with E-state index < -0.39 is 0 Å². The van der Waals surface area contributed by atoms with Gasteiger partial charge in [-0.3, -0.25) is 0 Å². The highest BCUT2D eigenvalue weighted by Gasteiger charge is 1.99. The van der Waals surface area contributed by atoms with Gasteiger partial charge in [0.05, 0.1) is 19.8 Å². The summed E-state index contributed by atoms with van der Waals surface area (Å²) in [5, 5.41) is 0. The van der Waals surface area contributed by atoms with Gasteiger partial charge in [0.2, 0.25) is 0 Å². The third-order valence-corrected chi connectivity index (χ3v) is 2.58. The molecular weight excluding hydrogens is 270 g/mol. The van der Waals surface area contributed by atoms with Gasteiger partial charge >= 0.3 is 0 Å². The number of nitrogens with two attached hydrogens (primary N) is 1. The lowest BCUT2D eigenvalue weighted by atomic mass is 10.2. The van der Waals surface area contributed by atoms with Crippen LogP contribution in [0.4, 0.5) is 5.69 Å². The van der Waals surface area contributed by atoms with Crippen molar-refractivity contribution in [1.29, 1.82) is 0 Å². The van der Waals surface area contributed by atoms with E-state index in [4.69, 9.17) is 15.2 Å². The zero-order chi connectivity index (χ0) is 11.8. The number of benzene rings is 1. The Kier molecular flexibility index (Phi) is 6.45. The molecule has 4 heteroatoms. The van der Waals surface area contributed by atoms with Crippen LogP contribution in [-0.4, -0.2) is 19.8 Å². The van der Waals surface area contributed by atoms with Crippen molar-refractivity contribution in [3.63, 3.8) is 0 Å². The number of halogens is 1. The van der Waals surface area contributed by atoms with Crippen LogP contribution >= 0.6 is 15.9 Å². The topological polar surface area (TPSA) is 44.5 Å². The second-order valence-electron chi connectivity index (χ2n) is 3.51. The van der Waals surface area contributed by atoms with Crippen LogP contribution in [0.1, 0.15) is 18.9 Å². The fourth-order valence-electron chi connectivity index (χ4n) is 1.24. The molecule has 0 aliphatic rings. The minimum absolute atomic E-state index is 0.536. The summed E-state index contributed by atoms with van der Waals surface area (Å²) in [4.78, 5) is 0. The number of rotatable bonds is 7. The predicted molar refractivity (Wildman–Crippen MR) is 69.3 cm³/mol. The largest absolute Gasteiger partial charge is 0.398 e. The molecule has 90 valence electrons. The molecule has 1 aromatic carbocycles. The van der Waals surface area contributed by atoms with Crippen molar-refractivity contribution >= 4 is 21.6 Å². The molecule has 0 saturated carbocycles. The van der Waals surface area contributed by atoms with Gasteiger partial charge in [-0.1, -0.05) is 28.9 Å². The fraction of sp³-hybridized carbons (Fsp3) is 0.500. The first-order valence-corrected chi connectivity index (χ1v) is 6.22. The molecule has 3 nitrogen and oxygen atoms in total. The second-order valence-corrected chi connectivity index (χ2v) is 4.42. The van der Waals surface area contributed by atoms with Gasteiger partial charge in [-0.05, 0) is 18.6 Å². The van der Waals surface area contributed by atoms with Crippen LogP contribution in [0.15, 0.2) is 22.7 Å². The van der Waals surface area contributed by atoms with Gasteiger partial charge in [0.25, 0.3) is 0 Å². The zero-order valence-electron chi connectivity index (χ0n) is 9.54. The van der Waals surface area contributed by atoms with Crippen molar-refractivity contribution in [1.82, 2.24) is 0 Å². The second kappa shape index (κ2) is 7.65. The Labute approximate surface area is 105 Å². The Morgan fingerprint density at radius 3 is 2.62 bits per heavy atom. The normalized spacial score (nSPS) is 10.6. The minimum atomic E-state index is 0.536. The molecule has 0 spiro atoms. The van der Waals surface area contributed by atoms with Crippen LogP contribution in [0.5, 0.6) is 0 Å². The molecule has 1 aromatic rings. The van der Waals surface area contributed by atoms with Crippen LogP contribution in [0, 0.1) is 0 Å². The van der Waals surface area contributed by atoms with E-state index in [2.05, 4.69) is 22.9 Å². The minimum Gasteiger partial charge on any atom is -0.398 e. The fourth-order valence-corrected chi connectivity index (χ4v) is 1.62. The average Bonchev–Trinajstić information content (AvgIpc) is 2.26. The summed E-state index contributed by atoms with van der Waals surface area (Å²) >= 11 is 3.37. The molecule has 0 fully saturated rings. The predicted octanol–water partition coefficient (Wildman–Crippen LogP) is 2.97. The van der Waals surface area contributed by atoms with Crippen LogP contribution in [0.3, 0.4) is 0 Å². The van der Waals surface area contributed by atoms with E-state index in [0.29, 0.717) is 19.8 Å². The van der Waals surface area contributed by atoms with E-state index in [9.17, 15) is 0 Å². The third-order valence-electron chi connectivity index (χ3n) is 2.09. The summed E-state index contributed by atoms with van der Waals surface area (Å²) in [6.45, 7) is 4.67. The van der Waals surface area contributed by atoms with Gasteiger partial charge in [-0.15, -0.1) is 0 Å². The summed E-state index contributed by atoms with van der Waals surface area (Å²) < 4.78 is 11.8. The van der Waals surface area contributed by atoms with Gasteiger partial charge in [0, 0.05) is 22.3 Å². The molecule has 0 heterocycles. The highest BCUT2D eigenvalue weighted by Crippen LogP contribution is 2.18. The van der Waals surface area contributed by atoms with E-state index in [0.717, 1.165) is 28.8 Å². The first-order chi connectivity index (χ1) is 7.74. The molecule has 0 aromatic heterocycles. The van der Waals surface area contributed by atoms with Crippen LogP contribution in [0.25, 0.3) is 0 Å². The summed E-state index contributed by atoms with van der Waals surface area (Å²) in [6.07, 6.45) is 1.04. The highest BCUT2D eigenvalue weighted by atomic mass is 79.9. The monoisotopic (exact) mass is 287 g/mol. The molecular formula is C12H18BrNO2. The molecule has 0 aliphatic carbocycles. The lowest BCUT2D eigenvalue weighted by molar-refractivity contribution is 0.0410. The van der Waals surface area contributed by atoms with Gasteiger partial charge in [0.15, 0.2) is 0 Å². The van der Waals surface area contributed by atoms with E-state index in [1.807, 2.05) is 18.2 Å². The molecule has 1 rings (SSSR count). The van der Waals surface area contributed by atoms with Crippen LogP contribution < -0.4 is 5.73 Å². The van der Waals surface area contributed by atoms with Gasteiger partial charge in [-0.2, -0.15) is 0 Å². The lowest BCUT2D eigenvalue weighted by Gasteiger charge is -2.07. The van der Waals surface area contributed by atoms with Crippen LogP contribution in [-0.2, 0) is 16.1 Å². The number of hydrogen-bond donors (Lipinski definition) is 1. The van der Waals surface area contributed by atoms with E-state index >= 15 is 0 Å². The van der Waals surface area contributed by atoms with Crippen molar-refractivity contribution in [2.45, 2.75) is 20.0 Å². The van der Waals surface area contributed by atoms with Crippen molar-refractivity contribution in [3.8, 4) is 0 Å². The third kappa shape index (κ3) is 4.96. The molecule has 16 heavy (non-hydrogen) atoms. The average molecular weight is 288 g/mol. The van der Waals surface area contributed by atoms with E-state index in [1.54, 1.807) is 0 Å². The quantitative estimate of drug-likeness (QED) is 0.619. The lowest BCUT2D eigenvalue weighted by Crippen LogP contribution is -2.05. The van der Waals surface area contributed by atoms with Crippen molar-refractivity contribution in [2.24, 2.45) is 0 Å². The Balaban J connectivity index is 2.21. The number of anilines is 1. The van der Waals surface area contributed by atoms with Crippen molar-refractivity contribution < 1.29 is 9.47 Å². The summed E-state index contributed by atoms with van der Waals surface area (Å²) in [7, 11) is 0. The summed E-state index contributed by atoms with van der Waals surface area (Å²) in [5.74, 6) is 0. The van der Waals surface area contributed by atoms with E-state index in [-0.39, 0.29) is 0 Å². The van der Waals surface area contributed by atoms with Gasteiger partial charge in [0.1, 0.15) is 0 Å². The summed E-state index contributed by atoms with van der Waals surface area (Å²) in [6, 6.07) is 5.81. The Morgan fingerprint density at radius 1 is 1.19 bits per heavy atom. The van der Waals surface area contributed by atoms with Gasteiger partial charge < -0.3 is 15.2 Å². The summed E-state index contributed by atoms with van der Waals surface area (Å²) in [5.41, 5.74) is 7.61. The molecule has 2 N–H and O–H groups in total. The van der Waals surface area contributed by atoms with Gasteiger partial charge in [-0.25, -0.2) is 0 Å². The first-order valence-electron chi connectivity index (χ1n) is 5.43. The first kappa shape index (κ1) is 13.5. The maximum atomic E-state index is 5.84. The Morgan fingerprint density at radius 2 is 1.94 bits per heavy atom.